The van der Waals surface area contributed by atoms with Gasteiger partial charge in [0.05, 0.1) is 23.0 Å². The van der Waals surface area contributed by atoms with Crippen molar-refractivity contribution in [3.63, 3.8) is 0 Å². The van der Waals surface area contributed by atoms with Crippen molar-refractivity contribution >= 4 is 22.6 Å². The maximum Gasteiger partial charge on any atom is 0.133 e. The summed E-state index contributed by atoms with van der Waals surface area (Å²) in [4.78, 5) is 4.59. The molecule has 4 nitrogen and oxygen atoms in total. The van der Waals surface area contributed by atoms with Crippen LogP contribution < -0.4 is 0 Å². The van der Waals surface area contributed by atoms with Crippen molar-refractivity contribution in [3.8, 4) is 0 Å². The predicted octanol–water partition coefficient (Wildman–Crippen LogP) is 3.68. The van der Waals surface area contributed by atoms with Crippen LogP contribution in [0.25, 0.3) is 11.0 Å². The van der Waals surface area contributed by atoms with E-state index >= 15 is 0 Å². The zero-order valence-electron chi connectivity index (χ0n) is 10.8. The number of para-hydroxylation sites is 2. The Labute approximate surface area is 116 Å². The number of alkyl halides is 1. The van der Waals surface area contributed by atoms with Crippen LogP contribution in [0.2, 0.25) is 0 Å². The highest BCUT2D eigenvalue weighted by Gasteiger charge is 2.15. The average molecular weight is 276 g/mol. The van der Waals surface area contributed by atoms with Gasteiger partial charge in [0, 0.05) is 6.07 Å². The molecule has 0 bridgehead atoms. The van der Waals surface area contributed by atoms with E-state index in [1.165, 1.54) is 0 Å². The van der Waals surface area contributed by atoms with E-state index in [0.29, 0.717) is 6.54 Å². The molecule has 0 aliphatic rings. The summed E-state index contributed by atoms with van der Waals surface area (Å²) < 4.78 is 7.20. The number of rotatable bonds is 3. The lowest BCUT2D eigenvalue weighted by atomic mass is 10.3. The number of benzene rings is 1. The lowest BCUT2D eigenvalue weighted by Gasteiger charge is -2.08. The number of hydrogen-bond donors (Lipinski definition) is 0. The summed E-state index contributed by atoms with van der Waals surface area (Å²) in [6.07, 6.45) is 0. The van der Waals surface area contributed by atoms with Gasteiger partial charge in [-0.3, -0.25) is 0 Å². The minimum Gasteiger partial charge on any atom is -0.361 e. The Morgan fingerprint density at radius 3 is 2.84 bits per heavy atom. The highest BCUT2D eigenvalue weighted by molar-refractivity contribution is 6.20. The van der Waals surface area contributed by atoms with Crippen LogP contribution in [0.3, 0.4) is 0 Å². The van der Waals surface area contributed by atoms with Crippen molar-refractivity contribution in [2.75, 3.05) is 0 Å². The van der Waals surface area contributed by atoms with Gasteiger partial charge in [-0.15, -0.1) is 11.6 Å². The van der Waals surface area contributed by atoms with Crippen molar-refractivity contribution in [3.05, 3.63) is 47.6 Å². The van der Waals surface area contributed by atoms with Crippen molar-refractivity contribution < 1.29 is 4.52 Å². The molecular weight excluding hydrogens is 262 g/mol. The molecule has 0 saturated heterocycles. The van der Waals surface area contributed by atoms with E-state index in [2.05, 4.69) is 14.7 Å². The molecule has 1 atom stereocenters. The van der Waals surface area contributed by atoms with Crippen molar-refractivity contribution in [1.82, 2.24) is 14.7 Å². The summed E-state index contributed by atoms with van der Waals surface area (Å²) in [7, 11) is 0. The summed E-state index contributed by atoms with van der Waals surface area (Å²) in [6.45, 7) is 4.42. The number of fused-ring (bicyclic) bond motifs is 1. The standard InChI is InChI=1S/C14H14ClN3O/c1-9-7-11(17-19-9)8-18-13-6-4-3-5-12(13)16-14(18)10(2)15/h3-7,10H,8H2,1-2H3. The molecule has 2 heterocycles. The van der Waals surface area contributed by atoms with Gasteiger partial charge in [-0.1, -0.05) is 17.3 Å². The number of nitrogens with zero attached hydrogens (tertiary/aromatic N) is 3. The molecule has 3 rings (SSSR count). The molecule has 0 radical (unpaired) electrons. The Balaban J connectivity index is 2.12. The largest absolute Gasteiger partial charge is 0.361 e. The third kappa shape index (κ3) is 2.24. The van der Waals surface area contributed by atoms with Gasteiger partial charge in [-0.2, -0.15) is 0 Å². The summed E-state index contributed by atoms with van der Waals surface area (Å²) in [5.41, 5.74) is 2.88. The first kappa shape index (κ1) is 12.2. The lowest BCUT2D eigenvalue weighted by Crippen LogP contribution is -2.05. The highest BCUT2D eigenvalue weighted by Crippen LogP contribution is 2.25. The number of hydrogen-bond acceptors (Lipinski definition) is 3. The second kappa shape index (κ2) is 4.70. The summed E-state index contributed by atoms with van der Waals surface area (Å²) in [5.74, 6) is 1.66. The topological polar surface area (TPSA) is 43.9 Å². The zero-order chi connectivity index (χ0) is 13.4. The summed E-state index contributed by atoms with van der Waals surface area (Å²) >= 11 is 6.22. The number of aromatic nitrogens is 3. The fraction of sp³-hybridized carbons (Fsp3) is 0.286. The van der Waals surface area contributed by atoms with E-state index in [0.717, 1.165) is 28.3 Å². The maximum absolute atomic E-state index is 6.22. The number of aryl methyl sites for hydroxylation is 1. The van der Waals surface area contributed by atoms with Crippen LogP contribution >= 0.6 is 11.6 Å². The molecule has 1 unspecified atom stereocenters. The van der Waals surface area contributed by atoms with Crippen LogP contribution in [0.1, 0.15) is 29.6 Å². The average Bonchev–Trinajstić information content (AvgIpc) is 2.95. The first-order valence-corrected chi connectivity index (χ1v) is 6.60. The molecular formula is C14H14ClN3O. The van der Waals surface area contributed by atoms with Gasteiger partial charge >= 0.3 is 0 Å². The zero-order valence-corrected chi connectivity index (χ0v) is 11.6. The van der Waals surface area contributed by atoms with Gasteiger partial charge in [0.15, 0.2) is 0 Å². The monoisotopic (exact) mass is 275 g/mol. The first-order valence-electron chi connectivity index (χ1n) is 6.16. The minimum absolute atomic E-state index is 0.152. The molecule has 0 saturated carbocycles. The van der Waals surface area contributed by atoms with E-state index in [-0.39, 0.29) is 5.38 Å². The maximum atomic E-state index is 6.22. The van der Waals surface area contributed by atoms with Crippen LogP contribution in [0.15, 0.2) is 34.9 Å². The van der Waals surface area contributed by atoms with Gasteiger partial charge < -0.3 is 9.09 Å². The Morgan fingerprint density at radius 2 is 2.16 bits per heavy atom. The fourth-order valence-electron chi connectivity index (χ4n) is 2.22. The quantitative estimate of drug-likeness (QED) is 0.685. The summed E-state index contributed by atoms with van der Waals surface area (Å²) in [6, 6.07) is 9.93. The van der Waals surface area contributed by atoms with E-state index in [4.69, 9.17) is 16.1 Å². The molecule has 1 aromatic carbocycles. The second-order valence-electron chi connectivity index (χ2n) is 4.59. The predicted molar refractivity (Wildman–Crippen MR) is 74.3 cm³/mol. The Hall–Kier alpha value is -1.81. The van der Waals surface area contributed by atoms with Crippen molar-refractivity contribution in [2.24, 2.45) is 0 Å². The van der Waals surface area contributed by atoms with Crippen LogP contribution in [0.4, 0.5) is 0 Å². The second-order valence-corrected chi connectivity index (χ2v) is 5.24. The fourth-order valence-corrected chi connectivity index (χ4v) is 2.39. The van der Waals surface area contributed by atoms with Crippen LogP contribution in [-0.2, 0) is 6.54 Å². The molecule has 0 fully saturated rings. The van der Waals surface area contributed by atoms with Crippen LogP contribution in [-0.4, -0.2) is 14.7 Å². The van der Waals surface area contributed by atoms with Gasteiger partial charge in [0.25, 0.3) is 0 Å². The van der Waals surface area contributed by atoms with Gasteiger partial charge in [-0.05, 0) is 26.0 Å². The van der Waals surface area contributed by atoms with Gasteiger partial charge in [0.1, 0.15) is 17.3 Å². The molecule has 19 heavy (non-hydrogen) atoms. The number of imidazole rings is 1. The molecule has 2 aromatic heterocycles. The van der Waals surface area contributed by atoms with Crippen molar-refractivity contribution in [2.45, 2.75) is 25.8 Å². The molecule has 0 N–H and O–H groups in total. The third-order valence-electron chi connectivity index (χ3n) is 3.04. The first-order chi connectivity index (χ1) is 9.15. The van der Waals surface area contributed by atoms with Crippen LogP contribution in [0, 0.1) is 6.92 Å². The lowest BCUT2D eigenvalue weighted by molar-refractivity contribution is 0.389. The third-order valence-corrected chi connectivity index (χ3v) is 3.23. The molecule has 0 amide bonds. The van der Waals surface area contributed by atoms with E-state index < -0.39 is 0 Å². The molecule has 0 aliphatic carbocycles. The summed E-state index contributed by atoms with van der Waals surface area (Å²) in [5, 5.41) is 3.88. The Bertz CT molecular complexity index is 714. The Morgan fingerprint density at radius 1 is 1.37 bits per heavy atom. The smallest absolute Gasteiger partial charge is 0.133 e. The van der Waals surface area contributed by atoms with E-state index in [1.807, 2.05) is 44.2 Å². The van der Waals surface area contributed by atoms with Crippen molar-refractivity contribution in [1.29, 1.82) is 0 Å². The van der Waals surface area contributed by atoms with Gasteiger partial charge in [-0.25, -0.2) is 4.98 Å². The number of halogens is 1. The molecule has 3 aromatic rings. The van der Waals surface area contributed by atoms with Gasteiger partial charge in [0.2, 0.25) is 0 Å². The molecule has 5 heteroatoms. The minimum atomic E-state index is -0.152. The SMILES string of the molecule is Cc1cc(Cn2c(C(C)Cl)nc3ccccc32)no1. The van der Waals surface area contributed by atoms with E-state index in [9.17, 15) is 0 Å². The van der Waals surface area contributed by atoms with E-state index in [1.54, 1.807) is 0 Å². The van der Waals surface area contributed by atoms with Crippen LogP contribution in [0.5, 0.6) is 0 Å². The Kier molecular flexibility index (Phi) is 3.03. The normalized spacial score (nSPS) is 13.0. The molecule has 98 valence electrons. The molecule has 0 spiro atoms. The molecule has 0 aliphatic heterocycles. The highest BCUT2D eigenvalue weighted by atomic mass is 35.5.